The number of ether oxygens (including phenoxy) is 2. The molecule has 21 heavy (non-hydrogen) atoms. The molecule has 108 valence electrons. The molecule has 0 radical (unpaired) electrons. The Hall–Kier alpha value is -2.90. The fourth-order valence-electron chi connectivity index (χ4n) is 1.86. The highest BCUT2D eigenvalue weighted by molar-refractivity contribution is 6.39. The van der Waals surface area contributed by atoms with Crippen LogP contribution in [0.5, 0.6) is 11.5 Å². The Morgan fingerprint density at radius 3 is 3.00 bits per heavy atom. The van der Waals surface area contributed by atoms with Gasteiger partial charge in [0.1, 0.15) is 5.71 Å². The summed E-state index contributed by atoms with van der Waals surface area (Å²) < 4.78 is 10.4. The van der Waals surface area contributed by atoms with Crippen molar-refractivity contribution in [3.63, 3.8) is 0 Å². The van der Waals surface area contributed by atoms with Gasteiger partial charge < -0.3 is 9.47 Å². The van der Waals surface area contributed by atoms with Crippen molar-refractivity contribution in [1.29, 1.82) is 0 Å². The summed E-state index contributed by atoms with van der Waals surface area (Å²) in [5, 5.41) is 7.52. The average Bonchev–Trinajstić information content (AvgIpc) is 2.95. The third kappa shape index (κ3) is 2.99. The molecule has 3 rings (SSSR count). The lowest BCUT2D eigenvalue weighted by Crippen LogP contribution is -2.34. The van der Waals surface area contributed by atoms with Gasteiger partial charge in [-0.3, -0.25) is 9.59 Å². The molecule has 0 fully saturated rings. The van der Waals surface area contributed by atoms with E-state index < -0.39 is 5.91 Å². The quantitative estimate of drug-likeness (QED) is 0.609. The maximum Gasteiger partial charge on any atom is 0.287 e. The Morgan fingerprint density at radius 1 is 1.33 bits per heavy atom. The Bertz CT molecular complexity index is 654. The molecule has 2 aliphatic rings. The van der Waals surface area contributed by atoms with Crippen molar-refractivity contribution in [1.82, 2.24) is 10.9 Å². The van der Waals surface area contributed by atoms with Crippen LogP contribution in [-0.4, -0.2) is 30.5 Å². The van der Waals surface area contributed by atoms with Crippen LogP contribution in [0.3, 0.4) is 0 Å². The maximum absolute atomic E-state index is 11.7. The number of hydrogen-bond donors (Lipinski definition) is 2. The van der Waals surface area contributed by atoms with Crippen molar-refractivity contribution in [3.05, 3.63) is 23.8 Å². The Labute approximate surface area is 119 Å². The molecule has 2 amide bonds. The van der Waals surface area contributed by atoms with E-state index in [0.717, 1.165) is 5.56 Å². The van der Waals surface area contributed by atoms with Gasteiger partial charge in [0.15, 0.2) is 11.5 Å². The topological polar surface area (TPSA) is 101 Å². The van der Waals surface area contributed by atoms with Crippen LogP contribution in [0.25, 0.3) is 0 Å². The third-order valence-corrected chi connectivity index (χ3v) is 2.94. The van der Waals surface area contributed by atoms with Gasteiger partial charge in [-0.15, -0.1) is 0 Å². The van der Waals surface area contributed by atoms with Crippen molar-refractivity contribution in [3.8, 4) is 11.5 Å². The van der Waals surface area contributed by atoms with Gasteiger partial charge in [0.2, 0.25) is 12.7 Å². The summed E-state index contributed by atoms with van der Waals surface area (Å²) in [6.07, 6.45) is 2.04. The van der Waals surface area contributed by atoms with Crippen LogP contribution in [-0.2, 0) is 9.59 Å². The van der Waals surface area contributed by atoms with Crippen molar-refractivity contribution in [2.75, 3.05) is 6.79 Å². The maximum atomic E-state index is 11.7. The summed E-state index contributed by atoms with van der Waals surface area (Å²) in [5.41, 5.74) is 5.63. The van der Waals surface area contributed by atoms with E-state index in [2.05, 4.69) is 21.1 Å². The number of carbonyl (C=O) groups excluding carboxylic acids is 2. The minimum atomic E-state index is -0.438. The standard InChI is InChI=1S/C13H12N4O4/c18-12-4-2-9(15-16-12)13(19)17-14-6-8-1-3-10-11(5-8)21-7-20-10/h1,3,5-6H,2,4,7H2,(H,16,18)(H,17,19)/b14-6+. The molecule has 0 spiro atoms. The minimum Gasteiger partial charge on any atom is -0.454 e. The molecule has 1 aromatic carbocycles. The summed E-state index contributed by atoms with van der Waals surface area (Å²) in [4.78, 5) is 22.7. The first-order valence-electron chi connectivity index (χ1n) is 6.31. The molecule has 2 heterocycles. The van der Waals surface area contributed by atoms with E-state index in [1.807, 2.05) is 0 Å². The molecular weight excluding hydrogens is 276 g/mol. The summed E-state index contributed by atoms with van der Waals surface area (Å²) >= 11 is 0. The van der Waals surface area contributed by atoms with E-state index >= 15 is 0 Å². The molecule has 1 aromatic rings. The van der Waals surface area contributed by atoms with Gasteiger partial charge >= 0.3 is 0 Å². The normalized spacial score (nSPS) is 16.6. The molecule has 0 bridgehead atoms. The fourth-order valence-corrected chi connectivity index (χ4v) is 1.86. The number of amides is 2. The lowest BCUT2D eigenvalue weighted by molar-refractivity contribution is -0.121. The zero-order chi connectivity index (χ0) is 14.7. The zero-order valence-corrected chi connectivity index (χ0v) is 11.0. The number of benzene rings is 1. The number of carbonyl (C=O) groups is 2. The summed E-state index contributed by atoms with van der Waals surface area (Å²) in [6, 6.07) is 5.32. The van der Waals surface area contributed by atoms with Crippen molar-refractivity contribution in [2.45, 2.75) is 12.8 Å². The minimum absolute atomic E-state index is 0.199. The number of hydrogen-bond acceptors (Lipinski definition) is 6. The van der Waals surface area contributed by atoms with Crippen molar-refractivity contribution < 1.29 is 19.1 Å². The Kier molecular flexibility index (Phi) is 3.50. The summed E-state index contributed by atoms with van der Waals surface area (Å²) in [6.45, 7) is 0.207. The molecule has 0 saturated heterocycles. The SMILES string of the molecule is O=C1CCC(C(=O)N/N=C/c2ccc3c(c2)OCO3)=NN1. The van der Waals surface area contributed by atoms with Crippen molar-refractivity contribution in [2.24, 2.45) is 10.2 Å². The van der Waals surface area contributed by atoms with Crippen LogP contribution < -0.4 is 20.3 Å². The number of fused-ring (bicyclic) bond motifs is 1. The highest BCUT2D eigenvalue weighted by atomic mass is 16.7. The van der Waals surface area contributed by atoms with Gasteiger partial charge in [0.05, 0.1) is 6.21 Å². The first kappa shape index (κ1) is 13.1. The molecule has 0 aromatic heterocycles. The van der Waals surface area contributed by atoms with E-state index in [4.69, 9.17) is 9.47 Å². The van der Waals surface area contributed by atoms with Crippen molar-refractivity contribution >= 4 is 23.7 Å². The van der Waals surface area contributed by atoms with Gasteiger partial charge in [0, 0.05) is 12.8 Å². The van der Waals surface area contributed by atoms with Crippen LogP contribution in [0.15, 0.2) is 28.4 Å². The Balaban J connectivity index is 1.59. The van der Waals surface area contributed by atoms with Crippen LogP contribution in [0.1, 0.15) is 18.4 Å². The second-order valence-corrected chi connectivity index (χ2v) is 4.41. The van der Waals surface area contributed by atoms with Crippen LogP contribution in [0.2, 0.25) is 0 Å². The van der Waals surface area contributed by atoms with Gasteiger partial charge in [-0.05, 0) is 23.8 Å². The highest BCUT2D eigenvalue weighted by Gasteiger charge is 2.17. The second kappa shape index (κ2) is 5.61. The lowest BCUT2D eigenvalue weighted by Gasteiger charge is -2.09. The molecule has 0 saturated carbocycles. The van der Waals surface area contributed by atoms with Crippen LogP contribution in [0.4, 0.5) is 0 Å². The largest absolute Gasteiger partial charge is 0.454 e. The number of nitrogens with zero attached hydrogens (tertiary/aromatic N) is 2. The third-order valence-electron chi connectivity index (χ3n) is 2.94. The first-order chi connectivity index (χ1) is 10.2. The molecule has 0 atom stereocenters. The lowest BCUT2D eigenvalue weighted by atomic mass is 10.2. The summed E-state index contributed by atoms with van der Waals surface area (Å²) in [7, 11) is 0. The molecule has 0 aliphatic carbocycles. The van der Waals surface area contributed by atoms with E-state index in [1.54, 1.807) is 18.2 Å². The van der Waals surface area contributed by atoms with Gasteiger partial charge in [-0.2, -0.15) is 10.2 Å². The average molecular weight is 288 g/mol. The monoisotopic (exact) mass is 288 g/mol. The molecule has 8 heteroatoms. The second-order valence-electron chi connectivity index (χ2n) is 4.41. The first-order valence-corrected chi connectivity index (χ1v) is 6.31. The number of rotatable bonds is 3. The molecular formula is C13H12N4O4. The predicted molar refractivity (Wildman–Crippen MR) is 73.1 cm³/mol. The predicted octanol–water partition coefficient (Wildman–Crippen LogP) is 0.131. The zero-order valence-electron chi connectivity index (χ0n) is 11.0. The van der Waals surface area contributed by atoms with E-state index in [0.29, 0.717) is 17.9 Å². The van der Waals surface area contributed by atoms with E-state index in [1.165, 1.54) is 6.21 Å². The summed E-state index contributed by atoms with van der Waals surface area (Å²) in [5.74, 6) is 0.690. The van der Waals surface area contributed by atoms with Gasteiger partial charge in [-0.1, -0.05) is 0 Å². The van der Waals surface area contributed by atoms with E-state index in [-0.39, 0.29) is 24.8 Å². The Morgan fingerprint density at radius 2 is 2.19 bits per heavy atom. The molecule has 2 N–H and O–H groups in total. The van der Waals surface area contributed by atoms with Crippen LogP contribution in [0, 0.1) is 0 Å². The number of hydrazone groups is 2. The number of nitrogens with one attached hydrogen (secondary N) is 2. The fraction of sp³-hybridized carbons (Fsp3) is 0.231. The van der Waals surface area contributed by atoms with Gasteiger partial charge in [0.25, 0.3) is 5.91 Å². The van der Waals surface area contributed by atoms with E-state index in [9.17, 15) is 9.59 Å². The molecule has 2 aliphatic heterocycles. The molecule has 0 unspecified atom stereocenters. The van der Waals surface area contributed by atoms with Gasteiger partial charge in [-0.25, -0.2) is 10.9 Å². The highest BCUT2D eigenvalue weighted by Crippen LogP contribution is 2.31. The smallest absolute Gasteiger partial charge is 0.287 e. The molecule has 8 nitrogen and oxygen atoms in total. The van der Waals surface area contributed by atoms with Crippen LogP contribution >= 0.6 is 0 Å².